The van der Waals surface area contributed by atoms with Crippen molar-refractivity contribution in [1.82, 2.24) is 4.98 Å². The molecule has 2 aromatic carbocycles. The monoisotopic (exact) mass is 348 g/mol. The second-order valence-corrected chi connectivity index (χ2v) is 6.28. The van der Waals surface area contributed by atoms with Crippen molar-refractivity contribution in [3.8, 4) is 0 Å². The van der Waals surface area contributed by atoms with Gasteiger partial charge in [0.05, 0.1) is 22.0 Å². The maximum absolute atomic E-state index is 12.6. The molecule has 3 nitrogen and oxygen atoms in total. The van der Waals surface area contributed by atoms with Crippen molar-refractivity contribution in [3.63, 3.8) is 0 Å². The first-order chi connectivity index (χ1) is 11.5. The van der Waals surface area contributed by atoms with Gasteiger partial charge in [0.15, 0.2) is 11.9 Å². The van der Waals surface area contributed by atoms with Gasteiger partial charge >= 0.3 is 6.18 Å². The van der Waals surface area contributed by atoms with E-state index in [1.54, 1.807) is 6.20 Å². The van der Waals surface area contributed by atoms with E-state index in [2.05, 4.69) is 4.98 Å². The minimum Gasteiger partial charge on any atom is -0.471 e. The molecule has 0 radical (unpaired) electrons. The van der Waals surface area contributed by atoms with E-state index in [0.29, 0.717) is 11.3 Å². The molecule has 4 rings (SSSR count). The maximum atomic E-state index is 12.6. The first kappa shape index (κ1) is 15.0. The molecule has 0 unspecified atom stereocenters. The second kappa shape index (κ2) is 5.52. The van der Waals surface area contributed by atoms with E-state index in [4.69, 9.17) is 4.74 Å². The van der Waals surface area contributed by atoms with Gasteiger partial charge < -0.3 is 4.74 Å². The largest absolute Gasteiger partial charge is 0.471 e. The van der Waals surface area contributed by atoms with Crippen molar-refractivity contribution in [2.45, 2.75) is 6.18 Å². The van der Waals surface area contributed by atoms with Crippen LogP contribution in [0.3, 0.4) is 0 Å². The molecule has 122 valence electrons. The fraction of sp³-hybridized carbons (Fsp3) is 0.118. The van der Waals surface area contributed by atoms with Crippen LogP contribution in [-0.4, -0.2) is 11.7 Å². The number of rotatable bonds is 2. The van der Waals surface area contributed by atoms with Crippen LogP contribution in [0.15, 0.2) is 54.7 Å². The van der Waals surface area contributed by atoms with Crippen LogP contribution in [0.4, 0.5) is 18.3 Å². The summed E-state index contributed by atoms with van der Waals surface area (Å²) in [7, 11) is 0. The predicted octanol–water partition coefficient (Wildman–Crippen LogP) is 5.11. The average molecular weight is 348 g/mol. The van der Waals surface area contributed by atoms with E-state index in [1.807, 2.05) is 29.2 Å². The molecule has 0 N–H and O–H groups in total. The molecule has 1 aromatic heterocycles. The summed E-state index contributed by atoms with van der Waals surface area (Å²) in [4.78, 5) is 6.39. The molecular formula is C17H11F3N2OS. The van der Waals surface area contributed by atoms with Gasteiger partial charge in [0.25, 0.3) is 0 Å². The Balaban J connectivity index is 1.60. The maximum Gasteiger partial charge on any atom is 0.416 e. The normalized spacial score (nSPS) is 14.8. The Bertz CT molecular complexity index is 882. The number of hydrogen-bond donors (Lipinski definition) is 0. The summed E-state index contributed by atoms with van der Waals surface area (Å²) in [5.74, 6) is 0.531. The SMILES string of the molecule is FC(F)(F)c1ccc(C2=CN(c3nc4ccccc4s3)CO2)cc1. The Kier molecular flexibility index (Phi) is 3.45. The molecule has 0 saturated heterocycles. The second-order valence-electron chi connectivity index (χ2n) is 5.28. The highest BCUT2D eigenvalue weighted by Gasteiger charge is 2.30. The fourth-order valence-corrected chi connectivity index (χ4v) is 3.36. The Morgan fingerprint density at radius 2 is 1.79 bits per heavy atom. The van der Waals surface area contributed by atoms with Gasteiger partial charge in [0.1, 0.15) is 5.76 Å². The standard InChI is InChI=1S/C17H11F3N2OS/c18-17(19,20)12-7-5-11(6-8-12)14-9-22(10-23-14)16-21-13-3-1-2-4-15(13)24-16/h1-9H,10H2. The number of nitrogens with zero attached hydrogens (tertiary/aromatic N) is 2. The number of benzene rings is 2. The Morgan fingerprint density at radius 1 is 1.04 bits per heavy atom. The lowest BCUT2D eigenvalue weighted by atomic mass is 10.1. The molecule has 2 heterocycles. The zero-order valence-corrected chi connectivity index (χ0v) is 13.1. The highest BCUT2D eigenvalue weighted by Crippen LogP contribution is 2.34. The van der Waals surface area contributed by atoms with Crippen molar-refractivity contribution in [3.05, 3.63) is 65.9 Å². The highest BCUT2D eigenvalue weighted by molar-refractivity contribution is 7.22. The number of thiazole rings is 1. The summed E-state index contributed by atoms with van der Waals surface area (Å²) in [6.07, 6.45) is -2.57. The Hall–Kier alpha value is -2.54. The summed E-state index contributed by atoms with van der Waals surface area (Å²) in [6, 6.07) is 12.7. The highest BCUT2D eigenvalue weighted by atomic mass is 32.1. The van der Waals surface area contributed by atoms with E-state index in [1.165, 1.54) is 23.5 Å². The number of fused-ring (bicyclic) bond motifs is 1. The summed E-state index contributed by atoms with van der Waals surface area (Å²) >= 11 is 1.54. The lowest BCUT2D eigenvalue weighted by Crippen LogP contribution is -2.12. The van der Waals surface area contributed by atoms with Crippen LogP contribution < -0.4 is 4.90 Å². The fourth-order valence-electron chi connectivity index (χ4n) is 2.43. The third-order valence-corrected chi connectivity index (χ3v) is 4.73. The quantitative estimate of drug-likeness (QED) is 0.644. The molecule has 0 saturated carbocycles. The molecule has 0 amide bonds. The summed E-state index contributed by atoms with van der Waals surface area (Å²) in [5, 5.41) is 0.790. The van der Waals surface area contributed by atoms with E-state index >= 15 is 0 Å². The van der Waals surface area contributed by atoms with Crippen molar-refractivity contribution in [2.75, 3.05) is 11.6 Å². The van der Waals surface area contributed by atoms with Gasteiger partial charge in [-0.2, -0.15) is 13.2 Å². The van der Waals surface area contributed by atoms with E-state index < -0.39 is 11.7 Å². The number of para-hydroxylation sites is 1. The van der Waals surface area contributed by atoms with Crippen LogP contribution in [0.1, 0.15) is 11.1 Å². The van der Waals surface area contributed by atoms with E-state index in [9.17, 15) is 13.2 Å². The molecule has 0 aliphatic carbocycles. The van der Waals surface area contributed by atoms with E-state index in [-0.39, 0.29) is 6.73 Å². The zero-order valence-electron chi connectivity index (χ0n) is 12.2. The molecule has 0 fully saturated rings. The first-order valence-electron chi connectivity index (χ1n) is 7.15. The lowest BCUT2D eigenvalue weighted by Gasteiger charge is -2.08. The summed E-state index contributed by atoms with van der Waals surface area (Å²) in [5.41, 5.74) is 0.841. The van der Waals surface area contributed by atoms with Crippen LogP contribution >= 0.6 is 11.3 Å². The molecule has 1 aliphatic heterocycles. The first-order valence-corrected chi connectivity index (χ1v) is 7.97. The zero-order chi connectivity index (χ0) is 16.7. The third kappa shape index (κ3) is 2.71. The average Bonchev–Trinajstić information content (AvgIpc) is 3.21. The Labute approximate surface area is 139 Å². The van der Waals surface area contributed by atoms with Gasteiger partial charge in [-0.1, -0.05) is 35.6 Å². The van der Waals surface area contributed by atoms with Crippen molar-refractivity contribution >= 4 is 32.4 Å². The van der Waals surface area contributed by atoms with Crippen LogP contribution in [0, 0.1) is 0 Å². The Morgan fingerprint density at radius 3 is 2.50 bits per heavy atom. The smallest absolute Gasteiger partial charge is 0.416 e. The number of alkyl halides is 3. The van der Waals surface area contributed by atoms with Gasteiger partial charge in [0.2, 0.25) is 0 Å². The van der Waals surface area contributed by atoms with E-state index in [0.717, 1.165) is 27.5 Å². The number of halogens is 3. The van der Waals surface area contributed by atoms with Crippen molar-refractivity contribution < 1.29 is 17.9 Å². The van der Waals surface area contributed by atoms with Gasteiger partial charge in [-0.25, -0.2) is 4.98 Å². The summed E-state index contributed by atoms with van der Waals surface area (Å²) < 4.78 is 44.5. The molecular weight excluding hydrogens is 337 g/mol. The van der Waals surface area contributed by atoms with Gasteiger partial charge in [-0.3, -0.25) is 4.90 Å². The molecule has 0 spiro atoms. The number of ether oxygens (including phenoxy) is 1. The molecule has 0 atom stereocenters. The molecule has 0 bridgehead atoms. The number of anilines is 1. The topological polar surface area (TPSA) is 25.4 Å². The van der Waals surface area contributed by atoms with Crippen molar-refractivity contribution in [2.24, 2.45) is 0 Å². The van der Waals surface area contributed by atoms with Crippen molar-refractivity contribution in [1.29, 1.82) is 0 Å². The predicted molar refractivity (Wildman–Crippen MR) is 87.5 cm³/mol. The van der Waals surface area contributed by atoms with Crippen LogP contribution in [0.5, 0.6) is 0 Å². The van der Waals surface area contributed by atoms with Gasteiger partial charge in [-0.15, -0.1) is 0 Å². The lowest BCUT2D eigenvalue weighted by molar-refractivity contribution is -0.137. The summed E-state index contributed by atoms with van der Waals surface area (Å²) in [6.45, 7) is 0.288. The number of aromatic nitrogens is 1. The minimum atomic E-state index is -4.34. The van der Waals surface area contributed by atoms with Crippen LogP contribution in [0.25, 0.3) is 16.0 Å². The molecule has 1 aliphatic rings. The third-order valence-electron chi connectivity index (χ3n) is 3.66. The van der Waals surface area contributed by atoms with Crippen LogP contribution in [0.2, 0.25) is 0 Å². The molecule has 3 aromatic rings. The number of hydrogen-bond acceptors (Lipinski definition) is 4. The molecule has 7 heteroatoms. The van der Waals surface area contributed by atoms with Crippen LogP contribution in [-0.2, 0) is 10.9 Å². The minimum absolute atomic E-state index is 0.288. The van der Waals surface area contributed by atoms with Gasteiger partial charge in [-0.05, 0) is 24.3 Å². The van der Waals surface area contributed by atoms with Gasteiger partial charge in [0, 0.05) is 5.56 Å². The molecule has 24 heavy (non-hydrogen) atoms.